The predicted octanol–water partition coefficient (Wildman–Crippen LogP) is 2.90. The fourth-order valence-electron chi connectivity index (χ4n) is 0.269. The summed E-state index contributed by atoms with van der Waals surface area (Å²) in [6.07, 6.45) is 0. The SMILES string of the molecule is CCSCSP(C)(=O)OC. The second-order valence-corrected chi connectivity index (χ2v) is 8.55. The van der Waals surface area contributed by atoms with Gasteiger partial charge in [-0.15, -0.1) is 0 Å². The molecule has 2 nitrogen and oxygen atoms in total. The van der Waals surface area contributed by atoms with Gasteiger partial charge in [0, 0.05) is 18.9 Å². The Balaban J connectivity index is 3.38. The van der Waals surface area contributed by atoms with Crippen molar-refractivity contribution in [3.05, 3.63) is 0 Å². The highest BCUT2D eigenvalue weighted by molar-refractivity contribution is 8.58. The van der Waals surface area contributed by atoms with Crippen LogP contribution in [0.15, 0.2) is 0 Å². The Bertz CT molecular complexity index is 129. The standard InChI is InChI=1S/C5H13O2PS2/c1-4-9-5-10-8(3,6)7-2/h4-5H2,1-3H3. The summed E-state index contributed by atoms with van der Waals surface area (Å²) in [6.45, 7) is 1.42. The Morgan fingerprint density at radius 1 is 1.60 bits per heavy atom. The van der Waals surface area contributed by atoms with Gasteiger partial charge in [0.1, 0.15) is 0 Å². The zero-order valence-corrected chi connectivity index (χ0v) is 9.02. The van der Waals surface area contributed by atoms with Gasteiger partial charge in [0.25, 0.3) is 6.57 Å². The van der Waals surface area contributed by atoms with E-state index in [0.29, 0.717) is 0 Å². The Labute approximate surface area is 70.7 Å². The maximum Gasteiger partial charge on any atom is 0.255 e. The average molecular weight is 200 g/mol. The van der Waals surface area contributed by atoms with Gasteiger partial charge in [0.05, 0.1) is 0 Å². The summed E-state index contributed by atoms with van der Waals surface area (Å²) in [7, 11) is 1.49. The molecule has 0 spiro atoms. The fourth-order valence-corrected chi connectivity index (χ4v) is 4.82. The third-order valence-corrected chi connectivity index (χ3v) is 6.34. The van der Waals surface area contributed by atoms with Crippen molar-refractivity contribution in [2.75, 3.05) is 24.6 Å². The second kappa shape index (κ2) is 5.53. The Morgan fingerprint density at radius 3 is 2.60 bits per heavy atom. The molecule has 0 saturated heterocycles. The summed E-state index contributed by atoms with van der Waals surface area (Å²) in [6, 6.07) is 0. The van der Waals surface area contributed by atoms with Crippen molar-refractivity contribution in [2.45, 2.75) is 6.92 Å². The van der Waals surface area contributed by atoms with Crippen molar-refractivity contribution in [3.63, 3.8) is 0 Å². The molecular formula is C5H13O2PS2. The number of rotatable bonds is 5. The molecule has 10 heavy (non-hydrogen) atoms. The second-order valence-electron chi connectivity index (χ2n) is 1.69. The van der Waals surface area contributed by atoms with Crippen molar-refractivity contribution in [3.8, 4) is 0 Å². The monoisotopic (exact) mass is 200 g/mol. The quantitative estimate of drug-likeness (QED) is 0.387. The van der Waals surface area contributed by atoms with Crippen LogP contribution in [-0.4, -0.2) is 24.6 Å². The van der Waals surface area contributed by atoms with E-state index in [2.05, 4.69) is 6.92 Å². The lowest BCUT2D eigenvalue weighted by Gasteiger charge is -2.07. The lowest BCUT2D eigenvalue weighted by atomic mass is 11.0. The van der Waals surface area contributed by atoms with Crippen LogP contribution < -0.4 is 0 Å². The van der Waals surface area contributed by atoms with Crippen LogP contribution in [-0.2, 0) is 9.09 Å². The van der Waals surface area contributed by atoms with E-state index < -0.39 is 6.57 Å². The largest absolute Gasteiger partial charge is 0.325 e. The molecule has 0 aromatic rings. The maximum atomic E-state index is 11.2. The third kappa shape index (κ3) is 5.66. The summed E-state index contributed by atoms with van der Waals surface area (Å²) >= 11 is 3.16. The van der Waals surface area contributed by atoms with E-state index in [0.717, 1.165) is 10.8 Å². The smallest absolute Gasteiger partial charge is 0.255 e. The average Bonchev–Trinajstić information content (AvgIpc) is 1.89. The van der Waals surface area contributed by atoms with E-state index in [1.807, 2.05) is 0 Å². The summed E-state index contributed by atoms with van der Waals surface area (Å²) in [5.74, 6) is 1.07. The zero-order chi connectivity index (χ0) is 8.04. The van der Waals surface area contributed by atoms with Crippen LogP contribution in [0.2, 0.25) is 0 Å². The molecule has 0 aromatic heterocycles. The number of thioether (sulfide) groups is 1. The third-order valence-electron chi connectivity index (χ3n) is 0.906. The molecule has 1 atom stereocenters. The number of hydrogen-bond donors (Lipinski definition) is 0. The van der Waals surface area contributed by atoms with Crippen LogP contribution in [0, 0.1) is 0 Å². The molecule has 0 N–H and O–H groups in total. The van der Waals surface area contributed by atoms with E-state index in [9.17, 15) is 4.57 Å². The van der Waals surface area contributed by atoms with Crippen LogP contribution >= 0.6 is 29.7 Å². The van der Waals surface area contributed by atoms with Crippen LogP contribution in [0.4, 0.5) is 0 Å². The van der Waals surface area contributed by atoms with Crippen molar-refractivity contribution < 1.29 is 9.09 Å². The first-order valence-corrected chi connectivity index (χ1v) is 7.79. The highest BCUT2D eigenvalue weighted by Gasteiger charge is 2.12. The molecule has 0 amide bonds. The van der Waals surface area contributed by atoms with Crippen molar-refractivity contribution in [2.24, 2.45) is 0 Å². The van der Waals surface area contributed by atoms with Gasteiger partial charge >= 0.3 is 0 Å². The molecule has 5 heteroatoms. The van der Waals surface area contributed by atoms with E-state index in [4.69, 9.17) is 4.52 Å². The van der Waals surface area contributed by atoms with Gasteiger partial charge in [-0.25, -0.2) is 0 Å². The lowest BCUT2D eigenvalue weighted by Crippen LogP contribution is -1.77. The highest BCUT2D eigenvalue weighted by atomic mass is 32.7. The molecular weight excluding hydrogens is 187 g/mol. The highest BCUT2D eigenvalue weighted by Crippen LogP contribution is 2.56. The van der Waals surface area contributed by atoms with Crippen molar-refractivity contribution in [1.82, 2.24) is 0 Å². The van der Waals surface area contributed by atoms with Gasteiger partial charge in [-0.2, -0.15) is 11.8 Å². The van der Waals surface area contributed by atoms with Gasteiger partial charge < -0.3 is 4.52 Å². The van der Waals surface area contributed by atoms with E-state index >= 15 is 0 Å². The molecule has 0 fully saturated rings. The zero-order valence-electron chi connectivity index (χ0n) is 6.49. The summed E-state index contributed by atoms with van der Waals surface area (Å²) in [4.78, 5) is 0. The van der Waals surface area contributed by atoms with Crippen LogP contribution in [0.1, 0.15) is 6.92 Å². The van der Waals surface area contributed by atoms with E-state index in [1.54, 1.807) is 18.4 Å². The predicted molar refractivity (Wildman–Crippen MR) is 51.1 cm³/mol. The topological polar surface area (TPSA) is 26.3 Å². The van der Waals surface area contributed by atoms with E-state index in [1.165, 1.54) is 18.5 Å². The van der Waals surface area contributed by atoms with Gasteiger partial charge in [0.15, 0.2) is 0 Å². The van der Waals surface area contributed by atoms with Crippen molar-refractivity contribution >= 4 is 29.7 Å². The Kier molecular flexibility index (Phi) is 6.02. The van der Waals surface area contributed by atoms with Crippen LogP contribution in [0.5, 0.6) is 0 Å². The van der Waals surface area contributed by atoms with Crippen LogP contribution in [0.25, 0.3) is 0 Å². The normalized spacial score (nSPS) is 16.7. The van der Waals surface area contributed by atoms with E-state index in [-0.39, 0.29) is 0 Å². The molecule has 62 valence electrons. The molecule has 0 radical (unpaired) electrons. The minimum atomic E-state index is -2.31. The summed E-state index contributed by atoms with van der Waals surface area (Å²) in [5.41, 5.74) is 0. The minimum absolute atomic E-state index is 0.859. The van der Waals surface area contributed by atoms with Gasteiger partial charge in [-0.3, -0.25) is 4.57 Å². The van der Waals surface area contributed by atoms with Gasteiger partial charge in [0.2, 0.25) is 0 Å². The molecule has 0 aliphatic carbocycles. The van der Waals surface area contributed by atoms with Gasteiger partial charge in [-0.05, 0) is 5.75 Å². The first kappa shape index (κ1) is 10.9. The maximum absolute atomic E-state index is 11.2. The molecule has 1 unspecified atom stereocenters. The first-order chi connectivity index (χ1) is 4.62. The summed E-state index contributed by atoms with van der Waals surface area (Å²) < 4.78 is 16.0. The van der Waals surface area contributed by atoms with Crippen LogP contribution in [0.3, 0.4) is 0 Å². The molecule has 0 aliphatic heterocycles. The lowest BCUT2D eigenvalue weighted by molar-refractivity contribution is 0.414. The number of hydrogen-bond acceptors (Lipinski definition) is 4. The molecule has 0 aromatic carbocycles. The molecule has 0 heterocycles. The van der Waals surface area contributed by atoms with Gasteiger partial charge in [-0.1, -0.05) is 18.3 Å². The Hall–Kier alpha value is 0.890. The minimum Gasteiger partial charge on any atom is -0.325 e. The fraction of sp³-hybridized carbons (Fsp3) is 1.00. The summed E-state index contributed by atoms with van der Waals surface area (Å²) in [5, 5.41) is 0.859. The molecule has 0 bridgehead atoms. The first-order valence-electron chi connectivity index (χ1n) is 2.98. The van der Waals surface area contributed by atoms with Crippen molar-refractivity contribution in [1.29, 1.82) is 0 Å². The molecule has 0 aliphatic rings. The molecule has 0 rings (SSSR count). The Morgan fingerprint density at radius 2 is 2.20 bits per heavy atom. The molecule has 0 saturated carbocycles.